The summed E-state index contributed by atoms with van der Waals surface area (Å²) in [5.41, 5.74) is 1.23. The molecular weight excluding hydrogens is 416 g/mol. The third-order valence-electron chi connectivity index (χ3n) is 8.45. The Morgan fingerprint density at radius 2 is 1.81 bits per heavy atom. The summed E-state index contributed by atoms with van der Waals surface area (Å²) in [6.07, 6.45) is 1.91. The van der Waals surface area contributed by atoms with E-state index in [1.165, 1.54) is 5.56 Å². The molecule has 2 aliphatic carbocycles. The summed E-state index contributed by atoms with van der Waals surface area (Å²) in [7, 11) is -1.99. The minimum atomic E-state index is -1.99. The molecule has 2 saturated carbocycles. The predicted molar refractivity (Wildman–Crippen MR) is 130 cm³/mol. The first kappa shape index (κ1) is 24.0. The van der Waals surface area contributed by atoms with Crippen LogP contribution in [-0.2, 0) is 20.3 Å². The van der Waals surface area contributed by atoms with Crippen LogP contribution in [0.25, 0.3) is 0 Å². The van der Waals surface area contributed by atoms with Crippen LogP contribution in [0.1, 0.15) is 46.1 Å². The maximum absolute atomic E-state index is 10.9. The molecule has 3 aliphatic rings. The summed E-state index contributed by atoms with van der Waals surface area (Å²) in [5.74, 6) is 7.42. The lowest BCUT2D eigenvalue weighted by Crippen LogP contribution is -2.67. The van der Waals surface area contributed by atoms with E-state index in [4.69, 9.17) is 13.9 Å². The molecule has 176 valence electrons. The first-order chi connectivity index (χ1) is 15.1. The second-order valence-electron chi connectivity index (χ2n) is 11.4. The fourth-order valence-corrected chi connectivity index (χ4v) is 6.84. The van der Waals surface area contributed by atoms with E-state index in [1.807, 2.05) is 6.07 Å². The number of fused-ring (bicyclic) bond motifs is 2. The highest BCUT2D eigenvalue weighted by Gasteiger charge is 2.67. The molecule has 1 aliphatic heterocycles. The number of aliphatic hydroxyl groups is 1. The van der Waals surface area contributed by atoms with Crippen molar-refractivity contribution in [1.82, 2.24) is 0 Å². The van der Waals surface area contributed by atoms with Crippen LogP contribution in [0.15, 0.2) is 30.3 Å². The first-order valence-electron chi connectivity index (χ1n) is 12.2. The van der Waals surface area contributed by atoms with Crippen molar-refractivity contribution in [1.29, 1.82) is 0 Å². The van der Waals surface area contributed by atoms with Gasteiger partial charge in [0.05, 0.1) is 25.2 Å². The van der Waals surface area contributed by atoms with Crippen LogP contribution >= 0.6 is 0 Å². The van der Waals surface area contributed by atoms with Crippen molar-refractivity contribution in [2.45, 2.75) is 83.1 Å². The van der Waals surface area contributed by atoms with Crippen LogP contribution < -0.4 is 0 Å². The lowest BCUT2D eigenvalue weighted by molar-refractivity contribution is -0.334. The molecule has 1 aromatic carbocycles. The van der Waals surface area contributed by atoms with Crippen LogP contribution in [0.5, 0.6) is 0 Å². The summed E-state index contributed by atoms with van der Waals surface area (Å²) in [4.78, 5) is 0. The monoisotopic (exact) mass is 456 g/mol. The molecule has 1 saturated heterocycles. The highest BCUT2D eigenvalue weighted by Crippen LogP contribution is 2.61. The van der Waals surface area contributed by atoms with Crippen molar-refractivity contribution in [3.05, 3.63) is 35.9 Å². The Bertz CT molecular complexity index is 844. The van der Waals surface area contributed by atoms with E-state index in [-0.39, 0.29) is 23.0 Å². The second-order valence-corrected chi connectivity index (χ2v) is 16.2. The fourth-order valence-electron chi connectivity index (χ4n) is 5.63. The zero-order chi connectivity index (χ0) is 23.1. The molecule has 32 heavy (non-hydrogen) atoms. The van der Waals surface area contributed by atoms with Crippen LogP contribution in [0.2, 0.25) is 18.1 Å². The Hall–Kier alpha value is -1.16. The van der Waals surface area contributed by atoms with E-state index >= 15 is 0 Å². The topological polar surface area (TPSA) is 47.9 Å². The SMILES string of the molecule is CC1[C@H]2[C@H](C#C[C@@H](Cc3ccccc3)O[Si](C)(C)C(C)(C)C)[C@@H](O)CC[C@H]2C12OCCO2. The molecule has 3 fully saturated rings. The maximum atomic E-state index is 10.9. The lowest BCUT2D eigenvalue weighted by atomic mass is 9.50. The van der Waals surface area contributed by atoms with Gasteiger partial charge in [-0.15, -0.1) is 0 Å². The number of aliphatic hydroxyl groups excluding tert-OH is 1. The van der Waals surface area contributed by atoms with Crippen molar-refractivity contribution in [2.75, 3.05) is 13.2 Å². The lowest BCUT2D eigenvalue weighted by Gasteiger charge is -2.61. The molecule has 4 rings (SSSR count). The predicted octanol–water partition coefficient (Wildman–Crippen LogP) is 5.02. The highest BCUT2D eigenvalue weighted by atomic mass is 28.4. The van der Waals surface area contributed by atoms with Crippen molar-refractivity contribution in [2.24, 2.45) is 23.7 Å². The van der Waals surface area contributed by atoms with Gasteiger partial charge in [0.15, 0.2) is 14.1 Å². The van der Waals surface area contributed by atoms with Crippen LogP contribution in [0, 0.1) is 35.5 Å². The average Bonchev–Trinajstić information content (AvgIpc) is 3.24. The molecule has 5 heteroatoms. The molecule has 0 radical (unpaired) electrons. The minimum absolute atomic E-state index is 0.0523. The van der Waals surface area contributed by atoms with Gasteiger partial charge in [-0.3, -0.25) is 0 Å². The van der Waals surface area contributed by atoms with E-state index in [2.05, 4.69) is 76.9 Å². The third kappa shape index (κ3) is 4.33. The summed E-state index contributed by atoms with van der Waals surface area (Å²) < 4.78 is 18.9. The number of hydrogen-bond acceptors (Lipinski definition) is 4. The molecule has 1 aromatic rings. The zero-order valence-corrected chi connectivity index (χ0v) is 21.6. The van der Waals surface area contributed by atoms with Crippen molar-refractivity contribution in [3.8, 4) is 11.8 Å². The second kappa shape index (κ2) is 8.89. The Balaban J connectivity index is 1.57. The molecule has 0 bridgehead atoms. The van der Waals surface area contributed by atoms with Crippen molar-refractivity contribution < 1.29 is 19.0 Å². The zero-order valence-electron chi connectivity index (χ0n) is 20.6. The molecular formula is C27H40O4Si. The van der Waals surface area contributed by atoms with E-state index in [9.17, 15) is 5.11 Å². The summed E-state index contributed by atoms with van der Waals surface area (Å²) >= 11 is 0. The first-order valence-corrected chi connectivity index (χ1v) is 15.1. The number of ether oxygens (including phenoxy) is 2. The highest BCUT2D eigenvalue weighted by molar-refractivity contribution is 6.74. The number of rotatable bonds is 4. The van der Waals surface area contributed by atoms with Gasteiger partial charge in [-0.2, -0.15) is 0 Å². The Kier molecular flexibility index (Phi) is 6.66. The molecule has 1 unspecified atom stereocenters. The Morgan fingerprint density at radius 3 is 2.44 bits per heavy atom. The van der Waals surface area contributed by atoms with Crippen LogP contribution in [0.4, 0.5) is 0 Å². The van der Waals surface area contributed by atoms with E-state index in [0.717, 1.165) is 19.3 Å². The standard InChI is InChI=1S/C27H40O4Si/c1-19-25-22(24(28)15-14-23(25)27(19)29-16-17-30-27)13-12-21(18-20-10-8-7-9-11-20)31-32(5,6)26(2,3)4/h7-11,19,21-25,28H,14-18H2,1-6H3/t19?,21-,22+,23+,24-,25-/m0/s1. The molecule has 6 atom stereocenters. The molecule has 1 spiro atoms. The molecule has 1 heterocycles. The summed E-state index contributed by atoms with van der Waals surface area (Å²) in [6.45, 7) is 14.9. The van der Waals surface area contributed by atoms with Gasteiger partial charge in [0, 0.05) is 18.3 Å². The molecule has 0 aromatic heterocycles. The third-order valence-corrected chi connectivity index (χ3v) is 12.9. The summed E-state index contributed by atoms with van der Waals surface area (Å²) in [5, 5.41) is 11.0. The quantitative estimate of drug-likeness (QED) is 0.511. The summed E-state index contributed by atoms with van der Waals surface area (Å²) in [6, 6.07) is 10.5. The van der Waals surface area contributed by atoms with Gasteiger partial charge in [-0.1, -0.05) is 69.9 Å². The van der Waals surface area contributed by atoms with Gasteiger partial charge in [0.25, 0.3) is 0 Å². The van der Waals surface area contributed by atoms with Gasteiger partial charge in [-0.25, -0.2) is 0 Å². The Morgan fingerprint density at radius 1 is 1.16 bits per heavy atom. The number of hydrogen-bond donors (Lipinski definition) is 1. The minimum Gasteiger partial charge on any atom is -0.403 e. The molecule has 4 nitrogen and oxygen atoms in total. The fraction of sp³-hybridized carbons (Fsp3) is 0.704. The normalized spacial score (nSPS) is 32.5. The van der Waals surface area contributed by atoms with Gasteiger partial charge in [0.2, 0.25) is 0 Å². The largest absolute Gasteiger partial charge is 0.403 e. The van der Waals surface area contributed by atoms with Gasteiger partial charge < -0.3 is 19.0 Å². The van der Waals surface area contributed by atoms with Crippen molar-refractivity contribution >= 4 is 8.32 Å². The van der Waals surface area contributed by atoms with Crippen LogP contribution in [-0.4, -0.2) is 44.6 Å². The van der Waals surface area contributed by atoms with E-state index in [0.29, 0.717) is 25.0 Å². The number of benzene rings is 1. The van der Waals surface area contributed by atoms with Crippen molar-refractivity contribution in [3.63, 3.8) is 0 Å². The van der Waals surface area contributed by atoms with Gasteiger partial charge in [0.1, 0.15) is 6.10 Å². The maximum Gasteiger partial charge on any atom is 0.193 e. The smallest absolute Gasteiger partial charge is 0.193 e. The van der Waals surface area contributed by atoms with E-state index < -0.39 is 20.2 Å². The Labute approximate surface area is 195 Å². The van der Waals surface area contributed by atoms with Gasteiger partial charge in [-0.05, 0) is 42.5 Å². The molecule has 1 N–H and O–H groups in total. The van der Waals surface area contributed by atoms with E-state index in [1.54, 1.807) is 0 Å². The van der Waals surface area contributed by atoms with Gasteiger partial charge >= 0.3 is 0 Å². The molecule has 0 amide bonds. The average molecular weight is 457 g/mol. The van der Waals surface area contributed by atoms with Crippen LogP contribution in [0.3, 0.4) is 0 Å².